The van der Waals surface area contributed by atoms with Gasteiger partial charge in [0.25, 0.3) is 5.22 Å². The lowest BCUT2D eigenvalue weighted by Gasteiger charge is -2.09. The van der Waals surface area contributed by atoms with Crippen LogP contribution < -0.4 is 5.32 Å². The highest BCUT2D eigenvalue weighted by Gasteiger charge is 2.28. The molecule has 0 bridgehead atoms. The summed E-state index contributed by atoms with van der Waals surface area (Å²) in [4.78, 5) is 11.9. The molecule has 128 valence electrons. The molecule has 1 N–H and O–H groups in total. The van der Waals surface area contributed by atoms with Crippen molar-refractivity contribution in [3.63, 3.8) is 0 Å². The van der Waals surface area contributed by atoms with Gasteiger partial charge in [-0.1, -0.05) is 23.4 Å². The number of benzene rings is 1. The summed E-state index contributed by atoms with van der Waals surface area (Å²) < 4.78 is 28.2. The van der Waals surface area contributed by atoms with Crippen molar-refractivity contribution in [3.8, 4) is 11.5 Å². The minimum atomic E-state index is -3.01. The van der Waals surface area contributed by atoms with Gasteiger partial charge >= 0.3 is 0 Å². The van der Waals surface area contributed by atoms with Gasteiger partial charge in [-0.2, -0.15) is 0 Å². The zero-order valence-electron chi connectivity index (χ0n) is 12.4. The molecule has 1 atom stereocenters. The van der Waals surface area contributed by atoms with Crippen LogP contribution in [0.2, 0.25) is 5.02 Å². The van der Waals surface area contributed by atoms with Crippen molar-refractivity contribution < 1.29 is 17.6 Å². The average Bonchev–Trinajstić information content (AvgIpc) is 3.12. The van der Waals surface area contributed by atoms with Crippen LogP contribution >= 0.6 is 23.4 Å². The SMILES string of the molecule is O=C(CSc1nnc(-c2ccc(Cl)cc2)o1)NC1CCS(=O)(=O)C1. The molecule has 0 radical (unpaired) electrons. The average molecular weight is 388 g/mol. The molecule has 1 saturated heterocycles. The van der Waals surface area contributed by atoms with Crippen molar-refractivity contribution in [1.82, 2.24) is 15.5 Å². The molecular weight excluding hydrogens is 374 g/mol. The fourth-order valence-electron chi connectivity index (χ4n) is 2.28. The highest BCUT2D eigenvalue weighted by Crippen LogP contribution is 2.24. The molecule has 10 heteroatoms. The molecule has 0 spiro atoms. The Balaban J connectivity index is 1.52. The molecule has 1 aliphatic heterocycles. The Morgan fingerprint density at radius 3 is 2.75 bits per heavy atom. The van der Waals surface area contributed by atoms with Gasteiger partial charge in [0.1, 0.15) is 0 Å². The van der Waals surface area contributed by atoms with Crippen LogP contribution in [0.1, 0.15) is 6.42 Å². The van der Waals surface area contributed by atoms with Gasteiger partial charge in [-0.05, 0) is 30.7 Å². The van der Waals surface area contributed by atoms with Crippen molar-refractivity contribution in [2.75, 3.05) is 17.3 Å². The maximum Gasteiger partial charge on any atom is 0.277 e. The van der Waals surface area contributed by atoms with Gasteiger partial charge < -0.3 is 9.73 Å². The molecule has 0 saturated carbocycles. The second kappa shape index (κ2) is 7.12. The van der Waals surface area contributed by atoms with E-state index < -0.39 is 9.84 Å². The number of carbonyl (C=O) groups is 1. The predicted molar refractivity (Wildman–Crippen MR) is 90.7 cm³/mol. The fourth-order valence-corrected chi connectivity index (χ4v) is 4.66. The Morgan fingerprint density at radius 1 is 1.33 bits per heavy atom. The summed E-state index contributed by atoms with van der Waals surface area (Å²) in [5, 5.41) is 11.4. The molecule has 1 aliphatic rings. The van der Waals surface area contributed by atoms with Gasteiger partial charge in [-0.25, -0.2) is 8.42 Å². The molecule has 0 aliphatic carbocycles. The maximum absolute atomic E-state index is 11.9. The molecule has 1 unspecified atom stereocenters. The lowest BCUT2D eigenvalue weighted by Crippen LogP contribution is -2.36. The second-order valence-corrected chi connectivity index (χ2v) is 8.93. The molecule has 2 aromatic rings. The third-order valence-electron chi connectivity index (χ3n) is 3.42. The first-order chi connectivity index (χ1) is 11.4. The Morgan fingerprint density at radius 2 is 2.08 bits per heavy atom. The number of rotatable bonds is 5. The smallest absolute Gasteiger partial charge is 0.277 e. The number of thioether (sulfide) groups is 1. The third-order valence-corrected chi connectivity index (χ3v) is 6.26. The zero-order chi connectivity index (χ0) is 17.2. The molecule has 1 fully saturated rings. The van der Waals surface area contributed by atoms with Crippen LogP contribution in [0.15, 0.2) is 33.9 Å². The Bertz CT molecular complexity index is 836. The Labute approximate surface area is 148 Å². The first kappa shape index (κ1) is 17.2. The zero-order valence-corrected chi connectivity index (χ0v) is 14.8. The number of halogens is 1. The summed E-state index contributed by atoms with van der Waals surface area (Å²) in [5.74, 6) is 0.299. The van der Waals surface area contributed by atoms with Crippen LogP contribution in [-0.2, 0) is 14.6 Å². The first-order valence-corrected chi connectivity index (χ1v) is 10.3. The number of hydrogen-bond acceptors (Lipinski definition) is 7. The van der Waals surface area contributed by atoms with Gasteiger partial charge in [0.05, 0.1) is 17.3 Å². The number of sulfone groups is 1. The normalized spacial score (nSPS) is 19.3. The van der Waals surface area contributed by atoms with Crippen molar-refractivity contribution in [1.29, 1.82) is 0 Å². The van der Waals surface area contributed by atoms with E-state index in [1.807, 2.05) is 0 Å². The molecule has 3 rings (SSSR count). The van der Waals surface area contributed by atoms with Crippen LogP contribution in [0.25, 0.3) is 11.5 Å². The van der Waals surface area contributed by atoms with Gasteiger partial charge in [-0.15, -0.1) is 10.2 Å². The van der Waals surface area contributed by atoms with Crippen LogP contribution in [-0.4, -0.2) is 47.8 Å². The number of nitrogens with one attached hydrogen (secondary N) is 1. The highest BCUT2D eigenvalue weighted by atomic mass is 35.5. The van der Waals surface area contributed by atoms with E-state index in [1.54, 1.807) is 24.3 Å². The highest BCUT2D eigenvalue weighted by molar-refractivity contribution is 7.99. The predicted octanol–water partition coefficient (Wildman–Crippen LogP) is 1.79. The topological polar surface area (TPSA) is 102 Å². The maximum atomic E-state index is 11.9. The summed E-state index contributed by atoms with van der Waals surface area (Å²) in [6.45, 7) is 0. The molecule has 1 aromatic carbocycles. The lowest BCUT2D eigenvalue weighted by atomic mass is 10.2. The molecule has 1 amide bonds. The Hall–Kier alpha value is -1.58. The summed E-state index contributed by atoms with van der Waals surface area (Å²) in [5.41, 5.74) is 0.736. The largest absolute Gasteiger partial charge is 0.411 e. The molecule has 24 heavy (non-hydrogen) atoms. The van der Waals surface area contributed by atoms with Crippen molar-refractivity contribution in [2.45, 2.75) is 17.7 Å². The summed E-state index contributed by atoms with van der Waals surface area (Å²) in [7, 11) is -3.01. The summed E-state index contributed by atoms with van der Waals surface area (Å²) in [6.07, 6.45) is 0.458. The monoisotopic (exact) mass is 387 g/mol. The lowest BCUT2D eigenvalue weighted by molar-refractivity contribution is -0.119. The number of nitrogens with zero attached hydrogens (tertiary/aromatic N) is 2. The van der Waals surface area contributed by atoms with Crippen molar-refractivity contribution in [3.05, 3.63) is 29.3 Å². The van der Waals surface area contributed by atoms with E-state index in [-0.39, 0.29) is 34.4 Å². The number of amides is 1. The number of aromatic nitrogens is 2. The third kappa shape index (κ3) is 4.49. The van der Waals surface area contributed by atoms with E-state index >= 15 is 0 Å². The van der Waals surface area contributed by atoms with Gasteiger partial charge in [0, 0.05) is 16.6 Å². The van der Waals surface area contributed by atoms with E-state index in [2.05, 4.69) is 15.5 Å². The van der Waals surface area contributed by atoms with E-state index in [9.17, 15) is 13.2 Å². The molecule has 2 heterocycles. The standard InChI is InChI=1S/C14H14ClN3O4S2/c15-10-3-1-9(2-4-10)13-17-18-14(22-13)23-7-12(19)16-11-5-6-24(20,21)8-11/h1-4,11H,5-8H2,(H,16,19). The molecule has 7 nitrogen and oxygen atoms in total. The fraction of sp³-hybridized carbons (Fsp3) is 0.357. The van der Waals surface area contributed by atoms with Crippen molar-refractivity contribution >= 4 is 39.1 Å². The quantitative estimate of drug-likeness (QED) is 0.780. The molecule has 1 aromatic heterocycles. The van der Waals surface area contributed by atoms with E-state index in [1.165, 1.54) is 0 Å². The van der Waals surface area contributed by atoms with Gasteiger partial charge in [0.2, 0.25) is 11.8 Å². The minimum Gasteiger partial charge on any atom is -0.411 e. The summed E-state index contributed by atoms with van der Waals surface area (Å²) in [6, 6.07) is 6.65. The number of carbonyl (C=O) groups excluding carboxylic acids is 1. The van der Waals surface area contributed by atoms with Crippen molar-refractivity contribution in [2.24, 2.45) is 0 Å². The summed E-state index contributed by atoms with van der Waals surface area (Å²) >= 11 is 6.93. The first-order valence-electron chi connectivity index (χ1n) is 7.13. The van der Waals surface area contributed by atoms with Gasteiger partial charge in [0.15, 0.2) is 9.84 Å². The number of hydrogen-bond donors (Lipinski definition) is 1. The van der Waals surface area contributed by atoms with Crippen LogP contribution in [0.5, 0.6) is 0 Å². The van der Waals surface area contributed by atoms with E-state index in [0.29, 0.717) is 17.3 Å². The van der Waals surface area contributed by atoms with E-state index in [0.717, 1.165) is 17.3 Å². The van der Waals surface area contributed by atoms with Gasteiger partial charge in [-0.3, -0.25) is 4.79 Å². The second-order valence-electron chi connectivity index (χ2n) is 5.34. The molecular formula is C14H14ClN3O4S2. The van der Waals surface area contributed by atoms with Crippen LogP contribution in [0.4, 0.5) is 0 Å². The Kier molecular flexibility index (Phi) is 5.12. The van der Waals surface area contributed by atoms with Crippen LogP contribution in [0, 0.1) is 0 Å². The van der Waals surface area contributed by atoms with E-state index in [4.69, 9.17) is 16.0 Å². The minimum absolute atomic E-state index is 0.00464. The van der Waals surface area contributed by atoms with Crippen LogP contribution in [0.3, 0.4) is 0 Å².